The van der Waals surface area contributed by atoms with Crippen molar-refractivity contribution in [1.29, 1.82) is 0 Å². The number of carbonyl (C=O) groups excluding carboxylic acids is 2. The molecule has 0 spiro atoms. The van der Waals surface area contributed by atoms with Crippen LogP contribution in [-0.2, 0) is 15.8 Å². The van der Waals surface area contributed by atoms with Crippen molar-refractivity contribution in [1.82, 2.24) is 0 Å². The van der Waals surface area contributed by atoms with E-state index in [1.54, 1.807) is 0 Å². The van der Waals surface area contributed by atoms with E-state index in [2.05, 4.69) is 10.1 Å². The molecule has 0 aromatic heterocycles. The van der Waals surface area contributed by atoms with Crippen LogP contribution in [0, 0.1) is 0 Å². The van der Waals surface area contributed by atoms with Crippen LogP contribution in [0.5, 0.6) is 5.75 Å². The van der Waals surface area contributed by atoms with Crippen LogP contribution in [-0.4, -0.2) is 11.9 Å². The molecular weight excluding hydrogens is 251 g/mol. The second-order valence-corrected chi connectivity index (χ2v) is 3.48. The summed E-state index contributed by atoms with van der Waals surface area (Å²) in [6.45, 7) is 2.18. The lowest BCUT2D eigenvalue weighted by atomic mass is 10.1. The number of nitrogens with one attached hydrogen (secondary N) is 1. The summed E-state index contributed by atoms with van der Waals surface area (Å²) in [7, 11) is 0. The number of ether oxygens (including phenoxy) is 1. The molecule has 4 nitrogen and oxygen atoms in total. The zero-order valence-corrected chi connectivity index (χ0v) is 9.59. The van der Waals surface area contributed by atoms with Crippen LogP contribution < -0.4 is 10.1 Å². The molecule has 98 valence electrons. The smallest absolute Gasteiger partial charge is 0.420 e. The molecule has 7 heteroatoms. The van der Waals surface area contributed by atoms with Gasteiger partial charge in [0.1, 0.15) is 11.3 Å². The number of halogens is 3. The van der Waals surface area contributed by atoms with Crippen molar-refractivity contribution in [2.75, 3.05) is 5.32 Å². The number of anilines is 1. The minimum atomic E-state index is -4.68. The Balaban J connectivity index is 3.20. The zero-order valence-electron chi connectivity index (χ0n) is 9.59. The van der Waals surface area contributed by atoms with Crippen LogP contribution in [0.2, 0.25) is 0 Å². The van der Waals surface area contributed by atoms with Gasteiger partial charge in [-0.15, -0.1) is 0 Å². The average Bonchev–Trinajstić information content (AvgIpc) is 2.17. The molecule has 0 saturated carbocycles. The Hall–Kier alpha value is -2.05. The maximum atomic E-state index is 12.7. The highest BCUT2D eigenvalue weighted by atomic mass is 19.4. The first-order chi connectivity index (χ1) is 8.20. The van der Waals surface area contributed by atoms with Crippen LogP contribution in [0.15, 0.2) is 18.2 Å². The topological polar surface area (TPSA) is 55.4 Å². The zero-order chi connectivity index (χ0) is 13.9. The maximum absolute atomic E-state index is 12.7. The number of hydrogen-bond donors (Lipinski definition) is 1. The van der Waals surface area contributed by atoms with Gasteiger partial charge in [-0.05, 0) is 18.2 Å². The molecule has 1 aromatic carbocycles. The number of rotatable bonds is 2. The van der Waals surface area contributed by atoms with Crippen molar-refractivity contribution in [3.8, 4) is 5.75 Å². The van der Waals surface area contributed by atoms with E-state index in [0.29, 0.717) is 6.07 Å². The van der Waals surface area contributed by atoms with Crippen LogP contribution in [0.3, 0.4) is 0 Å². The summed E-state index contributed by atoms with van der Waals surface area (Å²) < 4.78 is 42.6. The fourth-order valence-electron chi connectivity index (χ4n) is 1.28. The van der Waals surface area contributed by atoms with Crippen LogP contribution >= 0.6 is 0 Å². The number of esters is 1. The summed E-state index contributed by atoms with van der Waals surface area (Å²) in [5.74, 6) is -1.94. The normalized spacial score (nSPS) is 10.9. The molecule has 0 atom stereocenters. The Kier molecular flexibility index (Phi) is 3.95. The summed E-state index contributed by atoms with van der Waals surface area (Å²) in [6.07, 6.45) is -4.68. The summed E-state index contributed by atoms with van der Waals surface area (Å²) in [6, 6.07) is 2.91. The van der Waals surface area contributed by atoms with Crippen LogP contribution in [0.4, 0.5) is 18.9 Å². The van der Waals surface area contributed by atoms with Crippen molar-refractivity contribution < 1.29 is 27.5 Å². The van der Waals surface area contributed by atoms with Gasteiger partial charge in [0.05, 0.1) is 0 Å². The third-order valence-corrected chi connectivity index (χ3v) is 1.86. The maximum Gasteiger partial charge on any atom is 0.420 e. The molecule has 0 aliphatic carbocycles. The van der Waals surface area contributed by atoms with Crippen LogP contribution in [0.25, 0.3) is 0 Å². The lowest BCUT2D eigenvalue weighted by Gasteiger charge is -2.13. The van der Waals surface area contributed by atoms with E-state index in [0.717, 1.165) is 13.0 Å². The minimum Gasteiger partial charge on any atom is -0.426 e. The Labute approximate surface area is 101 Å². The van der Waals surface area contributed by atoms with Gasteiger partial charge in [-0.25, -0.2) is 0 Å². The molecule has 0 bridgehead atoms. The highest BCUT2D eigenvalue weighted by Crippen LogP contribution is 2.37. The van der Waals surface area contributed by atoms with Crippen molar-refractivity contribution in [2.45, 2.75) is 20.0 Å². The van der Waals surface area contributed by atoms with Gasteiger partial charge in [0.15, 0.2) is 0 Å². The van der Waals surface area contributed by atoms with Crippen LogP contribution in [0.1, 0.15) is 19.4 Å². The molecule has 1 rings (SSSR count). The van der Waals surface area contributed by atoms with Crippen molar-refractivity contribution in [2.24, 2.45) is 0 Å². The Bertz CT molecular complexity index is 483. The van der Waals surface area contributed by atoms with Crippen molar-refractivity contribution in [3.63, 3.8) is 0 Å². The molecular formula is C11H10F3NO3. The fraction of sp³-hybridized carbons (Fsp3) is 0.273. The number of alkyl halides is 3. The first kappa shape index (κ1) is 14.0. The Morgan fingerprint density at radius 3 is 2.28 bits per heavy atom. The molecule has 0 aliphatic rings. The fourth-order valence-corrected chi connectivity index (χ4v) is 1.28. The molecule has 0 unspecified atom stereocenters. The number of hydrogen-bond acceptors (Lipinski definition) is 3. The van der Waals surface area contributed by atoms with E-state index in [4.69, 9.17) is 0 Å². The third-order valence-electron chi connectivity index (χ3n) is 1.86. The molecule has 0 fully saturated rings. The van der Waals surface area contributed by atoms with Gasteiger partial charge in [-0.1, -0.05) is 0 Å². The van der Waals surface area contributed by atoms with E-state index in [-0.39, 0.29) is 5.69 Å². The lowest BCUT2D eigenvalue weighted by Crippen LogP contribution is -2.13. The van der Waals surface area contributed by atoms with Gasteiger partial charge >= 0.3 is 12.1 Å². The summed E-state index contributed by atoms with van der Waals surface area (Å²) in [4.78, 5) is 21.5. The van der Waals surface area contributed by atoms with Gasteiger partial charge in [0.2, 0.25) is 5.91 Å². The van der Waals surface area contributed by atoms with Gasteiger partial charge < -0.3 is 10.1 Å². The number of carbonyl (C=O) groups is 2. The molecule has 0 saturated heterocycles. The highest BCUT2D eigenvalue weighted by Gasteiger charge is 2.35. The van der Waals surface area contributed by atoms with E-state index in [1.165, 1.54) is 13.0 Å². The van der Waals surface area contributed by atoms with Gasteiger partial charge in [-0.3, -0.25) is 9.59 Å². The summed E-state index contributed by atoms with van der Waals surface area (Å²) in [5.41, 5.74) is -1.14. The molecule has 1 amide bonds. The van der Waals surface area contributed by atoms with Crippen molar-refractivity contribution >= 4 is 17.6 Å². The minimum absolute atomic E-state index is 0.0225. The van der Waals surface area contributed by atoms with Crippen molar-refractivity contribution in [3.05, 3.63) is 23.8 Å². The summed E-state index contributed by atoms with van der Waals surface area (Å²) >= 11 is 0. The van der Waals surface area contributed by atoms with E-state index < -0.39 is 29.4 Å². The van der Waals surface area contributed by atoms with E-state index in [1.807, 2.05) is 0 Å². The molecule has 1 aromatic rings. The second-order valence-electron chi connectivity index (χ2n) is 3.48. The average molecular weight is 261 g/mol. The standard InChI is InChI=1S/C11H10F3NO3/c1-6(16)15-8-3-4-10(18-7(2)17)9(5-8)11(12,13)14/h3-5H,1-2H3,(H,15,16). The molecule has 18 heavy (non-hydrogen) atoms. The Morgan fingerprint density at radius 1 is 1.22 bits per heavy atom. The largest absolute Gasteiger partial charge is 0.426 e. The Morgan fingerprint density at radius 2 is 1.83 bits per heavy atom. The molecule has 0 heterocycles. The first-order valence-electron chi connectivity index (χ1n) is 4.87. The second kappa shape index (κ2) is 5.07. The first-order valence-corrected chi connectivity index (χ1v) is 4.87. The number of benzene rings is 1. The summed E-state index contributed by atoms with van der Waals surface area (Å²) in [5, 5.41) is 2.22. The third kappa shape index (κ3) is 3.76. The van der Waals surface area contributed by atoms with E-state index >= 15 is 0 Å². The predicted molar refractivity (Wildman–Crippen MR) is 57.1 cm³/mol. The molecule has 0 aliphatic heterocycles. The SMILES string of the molecule is CC(=O)Nc1ccc(OC(C)=O)c(C(F)(F)F)c1. The monoisotopic (exact) mass is 261 g/mol. The highest BCUT2D eigenvalue weighted by molar-refractivity contribution is 5.89. The van der Waals surface area contributed by atoms with Gasteiger partial charge in [0, 0.05) is 19.5 Å². The number of amides is 1. The quantitative estimate of drug-likeness (QED) is 0.657. The van der Waals surface area contributed by atoms with Gasteiger partial charge in [0.25, 0.3) is 0 Å². The molecule has 1 N–H and O–H groups in total. The molecule has 0 radical (unpaired) electrons. The van der Waals surface area contributed by atoms with E-state index in [9.17, 15) is 22.8 Å². The lowest BCUT2D eigenvalue weighted by molar-refractivity contribution is -0.141. The predicted octanol–water partition coefficient (Wildman–Crippen LogP) is 2.59. The van der Waals surface area contributed by atoms with Gasteiger partial charge in [-0.2, -0.15) is 13.2 Å².